The van der Waals surface area contributed by atoms with Crippen LogP contribution in [0.15, 0.2) is 0 Å². The van der Waals surface area contributed by atoms with E-state index in [0.29, 0.717) is 6.04 Å². The summed E-state index contributed by atoms with van der Waals surface area (Å²) in [4.78, 5) is 2.24. The maximum atomic E-state index is 4.34. The topological polar surface area (TPSA) is 17.3 Å². The molecule has 0 N–H and O–H groups in total. The minimum absolute atomic E-state index is 0.603. The van der Waals surface area contributed by atoms with Crippen LogP contribution in [0.25, 0.3) is 0 Å². The molecule has 0 aliphatic carbocycles. The van der Waals surface area contributed by atoms with Crippen LogP contribution in [0.5, 0.6) is 0 Å². The number of hydrogen-bond donors (Lipinski definition) is 0. The summed E-state index contributed by atoms with van der Waals surface area (Å²) in [6.45, 7) is 4.32. The second kappa shape index (κ2) is 2.46. The van der Waals surface area contributed by atoms with Crippen LogP contribution in [0.3, 0.4) is 0 Å². The van der Waals surface area contributed by atoms with Crippen LogP contribution in [-0.4, -0.2) is 31.2 Å². The molecule has 1 rings (SSSR count). The third-order valence-corrected chi connectivity index (χ3v) is 1.56. The first-order valence-corrected chi connectivity index (χ1v) is 3.14. The lowest BCUT2D eigenvalue weighted by Gasteiger charge is -2.25. The number of nitrogens with zero attached hydrogens (tertiary/aromatic N) is 2. The van der Waals surface area contributed by atoms with E-state index in [4.69, 9.17) is 0 Å². The second-order valence-corrected chi connectivity index (χ2v) is 2.54. The Balaban J connectivity index is 2.19. The Morgan fingerprint density at radius 2 is 2.38 bits per heavy atom. The summed E-state index contributed by atoms with van der Waals surface area (Å²) in [7, 11) is 2.11. The van der Waals surface area contributed by atoms with Gasteiger partial charge in [-0.2, -0.15) is 0 Å². The van der Waals surface area contributed by atoms with Gasteiger partial charge in [-0.25, -0.2) is 5.32 Å². The Morgan fingerprint density at radius 3 is 2.75 bits per heavy atom. The van der Waals surface area contributed by atoms with Gasteiger partial charge in [0.15, 0.2) is 0 Å². The van der Waals surface area contributed by atoms with Crippen molar-refractivity contribution in [3.05, 3.63) is 0 Å². The van der Waals surface area contributed by atoms with E-state index in [1.54, 1.807) is 0 Å². The van der Waals surface area contributed by atoms with Crippen LogP contribution in [0, 0.1) is 0 Å². The zero-order valence-corrected chi connectivity index (χ0v) is 5.59. The average molecular weight is 113 g/mol. The van der Waals surface area contributed by atoms with Gasteiger partial charge < -0.3 is 0 Å². The van der Waals surface area contributed by atoms with Crippen molar-refractivity contribution in [1.29, 1.82) is 0 Å². The van der Waals surface area contributed by atoms with E-state index in [2.05, 4.69) is 24.2 Å². The standard InChI is InChI=1S/C6H13N2/c1-6-3-4-8(2)5-7-6/h6H,3-5H2,1-2H3. The largest absolute Gasteiger partial charge is 0.292 e. The molecule has 47 valence electrons. The minimum atomic E-state index is 0.603. The van der Waals surface area contributed by atoms with Crippen molar-refractivity contribution >= 4 is 0 Å². The lowest BCUT2D eigenvalue weighted by molar-refractivity contribution is 0.221. The number of hydrogen-bond acceptors (Lipinski definition) is 1. The van der Waals surface area contributed by atoms with Crippen LogP contribution >= 0.6 is 0 Å². The molecule has 0 aromatic carbocycles. The molecular formula is C6H13N2. The molecule has 2 nitrogen and oxygen atoms in total. The highest BCUT2D eigenvalue weighted by atomic mass is 15.2. The van der Waals surface area contributed by atoms with E-state index in [-0.39, 0.29) is 0 Å². The summed E-state index contributed by atoms with van der Waals surface area (Å²) in [6.07, 6.45) is 1.23. The molecule has 1 radical (unpaired) electrons. The van der Waals surface area contributed by atoms with Crippen LogP contribution in [-0.2, 0) is 0 Å². The smallest absolute Gasteiger partial charge is 0.0649 e. The van der Waals surface area contributed by atoms with Gasteiger partial charge in [0.2, 0.25) is 0 Å². The third kappa shape index (κ3) is 1.46. The molecule has 0 amide bonds. The van der Waals surface area contributed by atoms with Crippen LogP contribution in [0.1, 0.15) is 13.3 Å². The summed E-state index contributed by atoms with van der Waals surface area (Å²) in [5.74, 6) is 0. The predicted molar refractivity (Wildman–Crippen MR) is 33.7 cm³/mol. The van der Waals surface area contributed by atoms with E-state index in [0.717, 1.165) is 6.67 Å². The molecule has 0 aromatic heterocycles. The van der Waals surface area contributed by atoms with Gasteiger partial charge in [0, 0.05) is 12.6 Å². The lowest BCUT2D eigenvalue weighted by Crippen LogP contribution is -2.39. The fraction of sp³-hybridized carbons (Fsp3) is 1.00. The molecule has 1 unspecified atom stereocenters. The summed E-state index contributed by atoms with van der Waals surface area (Å²) in [5, 5.41) is 4.34. The molecule has 2 heteroatoms. The van der Waals surface area contributed by atoms with Crippen molar-refractivity contribution in [2.24, 2.45) is 0 Å². The Bertz CT molecular complexity index is 54.9. The minimum Gasteiger partial charge on any atom is -0.292 e. The van der Waals surface area contributed by atoms with Crippen molar-refractivity contribution in [3.63, 3.8) is 0 Å². The van der Waals surface area contributed by atoms with E-state index < -0.39 is 0 Å². The molecule has 1 atom stereocenters. The maximum absolute atomic E-state index is 4.34. The monoisotopic (exact) mass is 113 g/mol. The van der Waals surface area contributed by atoms with Crippen LogP contribution in [0.4, 0.5) is 0 Å². The Kier molecular flexibility index (Phi) is 1.86. The first-order chi connectivity index (χ1) is 3.79. The Morgan fingerprint density at radius 1 is 1.62 bits per heavy atom. The Hall–Kier alpha value is -0.0800. The fourth-order valence-electron chi connectivity index (χ4n) is 0.848. The number of rotatable bonds is 0. The molecule has 0 spiro atoms. The second-order valence-electron chi connectivity index (χ2n) is 2.54. The normalized spacial score (nSPS) is 33.0. The molecule has 0 saturated carbocycles. The Labute approximate surface area is 50.9 Å². The third-order valence-electron chi connectivity index (χ3n) is 1.56. The van der Waals surface area contributed by atoms with Crippen LogP contribution < -0.4 is 5.32 Å². The van der Waals surface area contributed by atoms with Crippen molar-refractivity contribution in [2.45, 2.75) is 19.4 Å². The molecule has 1 saturated heterocycles. The van der Waals surface area contributed by atoms with Crippen molar-refractivity contribution in [1.82, 2.24) is 10.2 Å². The first kappa shape index (κ1) is 6.05. The molecule has 1 heterocycles. The predicted octanol–water partition coefficient (Wildman–Crippen LogP) is 0.272. The summed E-state index contributed by atoms with van der Waals surface area (Å²) < 4.78 is 0. The van der Waals surface area contributed by atoms with E-state index in [9.17, 15) is 0 Å². The van der Waals surface area contributed by atoms with Gasteiger partial charge in [0.05, 0.1) is 6.67 Å². The molecular weight excluding hydrogens is 100 g/mol. The van der Waals surface area contributed by atoms with Crippen molar-refractivity contribution in [3.8, 4) is 0 Å². The van der Waals surface area contributed by atoms with Crippen molar-refractivity contribution < 1.29 is 0 Å². The molecule has 8 heavy (non-hydrogen) atoms. The maximum Gasteiger partial charge on any atom is 0.0649 e. The van der Waals surface area contributed by atoms with Gasteiger partial charge in [-0.15, -0.1) is 0 Å². The zero-order chi connectivity index (χ0) is 5.98. The van der Waals surface area contributed by atoms with Gasteiger partial charge in [-0.3, -0.25) is 4.90 Å². The summed E-state index contributed by atoms with van der Waals surface area (Å²) in [6, 6.07) is 0.603. The fourth-order valence-corrected chi connectivity index (χ4v) is 0.848. The first-order valence-electron chi connectivity index (χ1n) is 3.14. The zero-order valence-electron chi connectivity index (χ0n) is 5.59. The molecule has 0 bridgehead atoms. The molecule has 1 fully saturated rings. The lowest BCUT2D eigenvalue weighted by atomic mass is 10.2. The molecule has 0 aromatic rings. The quantitative estimate of drug-likeness (QED) is 0.441. The SMILES string of the molecule is CC1CCN(C)C[N]1. The summed E-state index contributed by atoms with van der Waals surface area (Å²) >= 11 is 0. The van der Waals surface area contributed by atoms with E-state index in [1.165, 1.54) is 13.0 Å². The molecule has 1 aliphatic rings. The van der Waals surface area contributed by atoms with Gasteiger partial charge in [0.25, 0.3) is 0 Å². The van der Waals surface area contributed by atoms with Gasteiger partial charge >= 0.3 is 0 Å². The summed E-state index contributed by atoms with van der Waals surface area (Å²) in [5.41, 5.74) is 0. The van der Waals surface area contributed by atoms with E-state index in [1.807, 2.05) is 0 Å². The van der Waals surface area contributed by atoms with Gasteiger partial charge in [-0.05, 0) is 20.4 Å². The highest BCUT2D eigenvalue weighted by Crippen LogP contribution is 2.00. The van der Waals surface area contributed by atoms with Crippen LogP contribution in [0.2, 0.25) is 0 Å². The highest BCUT2D eigenvalue weighted by Gasteiger charge is 2.10. The van der Waals surface area contributed by atoms with Gasteiger partial charge in [-0.1, -0.05) is 0 Å². The van der Waals surface area contributed by atoms with Crippen molar-refractivity contribution in [2.75, 3.05) is 20.3 Å². The average Bonchev–Trinajstić information content (AvgIpc) is 1.77. The van der Waals surface area contributed by atoms with Gasteiger partial charge in [0.1, 0.15) is 0 Å². The molecule has 1 aliphatic heterocycles. The highest BCUT2D eigenvalue weighted by molar-refractivity contribution is 4.67. The van der Waals surface area contributed by atoms with E-state index >= 15 is 0 Å².